The Bertz CT molecular complexity index is 466. The first-order valence-electron chi connectivity index (χ1n) is 7.37. The topological polar surface area (TPSA) is 87.7 Å². The molecule has 2 saturated heterocycles. The van der Waals surface area contributed by atoms with Gasteiger partial charge in [0.25, 0.3) is 0 Å². The normalized spacial score (nSPS) is 28.5. The number of urea groups is 1. The largest absolute Gasteiger partial charge is 0.379 e. The Hall–Kier alpha value is -0.860. The lowest BCUT2D eigenvalue weighted by molar-refractivity contribution is 0.170. The summed E-state index contributed by atoms with van der Waals surface area (Å²) in [5.41, 5.74) is -0.274. The van der Waals surface area contributed by atoms with Gasteiger partial charge in [-0.1, -0.05) is 0 Å². The third-order valence-electron chi connectivity index (χ3n) is 4.23. The average Bonchev–Trinajstić information content (AvgIpc) is 2.82. The van der Waals surface area contributed by atoms with Gasteiger partial charge in [-0.25, -0.2) is 17.5 Å². The molecule has 2 aliphatic rings. The summed E-state index contributed by atoms with van der Waals surface area (Å²) in [6.07, 6.45) is 3.64. The predicted octanol–water partition coefficient (Wildman–Crippen LogP) is 0.136. The fourth-order valence-corrected chi connectivity index (χ4v) is 3.64. The van der Waals surface area contributed by atoms with Gasteiger partial charge in [0, 0.05) is 26.2 Å². The average molecular weight is 319 g/mol. The van der Waals surface area contributed by atoms with Gasteiger partial charge < -0.3 is 15.4 Å². The van der Waals surface area contributed by atoms with E-state index in [1.165, 1.54) is 10.6 Å². The molecule has 0 spiro atoms. The van der Waals surface area contributed by atoms with E-state index >= 15 is 0 Å². The summed E-state index contributed by atoms with van der Waals surface area (Å²) < 4.78 is 29.6. The van der Waals surface area contributed by atoms with Crippen molar-refractivity contribution in [3.8, 4) is 0 Å². The number of nitrogens with zero attached hydrogens (tertiary/aromatic N) is 1. The van der Waals surface area contributed by atoms with Gasteiger partial charge in [0.05, 0.1) is 18.4 Å². The van der Waals surface area contributed by atoms with Gasteiger partial charge in [-0.2, -0.15) is 0 Å². The van der Waals surface area contributed by atoms with Crippen LogP contribution in [0.5, 0.6) is 0 Å². The number of carbonyl (C=O) groups is 1. The molecule has 21 heavy (non-hydrogen) atoms. The summed E-state index contributed by atoms with van der Waals surface area (Å²) in [6, 6.07) is -0.173. The lowest BCUT2D eigenvalue weighted by Crippen LogP contribution is -2.51. The zero-order valence-electron chi connectivity index (χ0n) is 12.7. The summed E-state index contributed by atoms with van der Waals surface area (Å²) >= 11 is 0. The van der Waals surface area contributed by atoms with Crippen molar-refractivity contribution in [3.05, 3.63) is 0 Å². The quantitative estimate of drug-likeness (QED) is 0.771. The molecule has 2 heterocycles. The van der Waals surface area contributed by atoms with Crippen molar-refractivity contribution in [1.82, 2.24) is 14.9 Å². The van der Waals surface area contributed by atoms with Crippen LogP contribution in [0.15, 0.2) is 0 Å². The Kier molecular flexibility index (Phi) is 5.11. The molecule has 0 bridgehead atoms. The van der Waals surface area contributed by atoms with E-state index in [0.29, 0.717) is 38.8 Å². The van der Waals surface area contributed by atoms with Crippen LogP contribution >= 0.6 is 0 Å². The van der Waals surface area contributed by atoms with Crippen LogP contribution in [-0.4, -0.2) is 63.4 Å². The number of sulfonamides is 1. The predicted molar refractivity (Wildman–Crippen MR) is 79.5 cm³/mol. The third-order valence-corrected chi connectivity index (χ3v) is 5.53. The van der Waals surface area contributed by atoms with Crippen molar-refractivity contribution in [2.75, 3.05) is 39.1 Å². The van der Waals surface area contributed by atoms with Crippen molar-refractivity contribution >= 4 is 16.1 Å². The molecule has 0 aromatic rings. The second-order valence-electron chi connectivity index (χ2n) is 6.30. The monoisotopic (exact) mass is 319 g/mol. The number of carbonyl (C=O) groups excluding carboxylic acids is 1. The van der Waals surface area contributed by atoms with Gasteiger partial charge in [-0.3, -0.25) is 0 Å². The zero-order valence-corrected chi connectivity index (χ0v) is 13.5. The number of piperidine rings is 1. The van der Waals surface area contributed by atoms with Gasteiger partial charge in [0.15, 0.2) is 0 Å². The summed E-state index contributed by atoms with van der Waals surface area (Å²) in [4.78, 5) is 11.9. The zero-order chi connectivity index (χ0) is 15.5. The minimum atomic E-state index is -3.08. The molecule has 7 nitrogen and oxygen atoms in total. The van der Waals surface area contributed by atoms with E-state index in [2.05, 4.69) is 10.6 Å². The molecule has 0 radical (unpaired) electrons. The smallest absolute Gasteiger partial charge is 0.315 e. The fourth-order valence-electron chi connectivity index (χ4n) is 2.77. The fraction of sp³-hybridized carbons (Fsp3) is 0.923. The third kappa shape index (κ3) is 4.82. The molecule has 2 fully saturated rings. The maximum absolute atomic E-state index is 11.9. The highest BCUT2D eigenvalue weighted by Gasteiger charge is 2.31. The van der Waals surface area contributed by atoms with Crippen molar-refractivity contribution in [1.29, 1.82) is 0 Å². The van der Waals surface area contributed by atoms with Crippen LogP contribution in [0.2, 0.25) is 0 Å². The summed E-state index contributed by atoms with van der Waals surface area (Å²) in [5.74, 6) is 0.335. The molecule has 122 valence electrons. The molecule has 2 aliphatic heterocycles. The van der Waals surface area contributed by atoms with Crippen LogP contribution in [0.1, 0.15) is 26.2 Å². The van der Waals surface area contributed by atoms with Crippen LogP contribution in [0, 0.1) is 5.92 Å². The van der Waals surface area contributed by atoms with E-state index in [1.54, 1.807) is 0 Å². The van der Waals surface area contributed by atoms with Gasteiger partial charge in [-0.05, 0) is 32.1 Å². The lowest BCUT2D eigenvalue weighted by atomic mass is 9.98. The number of hydrogen-bond acceptors (Lipinski definition) is 4. The van der Waals surface area contributed by atoms with Gasteiger partial charge in [0.1, 0.15) is 0 Å². The van der Waals surface area contributed by atoms with E-state index in [0.717, 1.165) is 19.3 Å². The Morgan fingerprint density at radius 2 is 2.05 bits per heavy atom. The number of ether oxygens (including phenoxy) is 1. The molecule has 1 unspecified atom stereocenters. The van der Waals surface area contributed by atoms with Gasteiger partial charge >= 0.3 is 6.03 Å². The Morgan fingerprint density at radius 3 is 2.57 bits per heavy atom. The maximum Gasteiger partial charge on any atom is 0.315 e. The molecule has 0 aromatic carbocycles. The molecular formula is C13H25N3O4S. The van der Waals surface area contributed by atoms with Crippen molar-refractivity contribution in [2.24, 2.45) is 5.92 Å². The van der Waals surface area contributed by atoms with Gasteiger partial charge in [-0.15, -0.1) is 0 Å². The highest BCUT2D eigenvalue weighted by molar-refractivity contribution is 7.88. The number of rotatable bonds is 4. The second-order valence-corrected chi connectivity index (χ2v) is 8.29. The first-order chi connectivity index (χ1) is 9.78. The van der Waals surface area contributed by atoms with Crippen molar-refractivity contribution in [2.45, 2.75) is 31.7 Å². The van der Waals surface area contributed by atoms with Crippen LogP contribution in [0.3, 0.4) is 0 Å². The summed E-state index contributed by atoms with van der Waals surface area (Å²) in [7, 11) is -3.08. The van der Waals surface area contributed by atoms with Crippen LogP contribution < -0.4 is 10.6 Å². The molecule has 2 rings (SSSR count). The highest BCUT2D eigenvalue weighted by atomic mass is 32.2. The van der Waals surface area contributed by atoms with E-state index in [-0.39, 0.29) is 11.6 Å². The lowest BCUT2D eigenvalue weighted by Gasteiger charge is -2.30. The Morgan fingerprint density at radius 1 is 1.38 bits per heavy atom. The maximum atomic E-state index is 11.9. The van der Waals surface area contributed by atoms with E-state index < -0.39 is 10.0 Å². The number of nitrogens with one attached hydrogen (secondary N) is 2. The Labute approximate surface area is 126 Å². The Balaban J connectivity index is 1.69. The second kappa shape index (κ2) is 6.50. The molecule has 2 N–H and O–H groups in total. The van der Waals surface area contributed by atoms with Crippen LogP contribution in [-0.2, 0) is 14.8 Å². The molecular weight excluding hydrogens is 294 g/mol. The number of amides is 2. The molecule has 8 heteroatoms. The highest BCUT2D eigenvalue weighted by Crippen LogP contribution is 2.19. The molecule has 0 aliphatic carbocycles. The molecule has 0 saturated carbocycles. The molecule has 0 aromatic heterocycles. The van der Waals surface area contributed by atoms with Crippen LogP contribution in [0.25, 0.3) is 0 Å². The van der Waals surface area contributed by atoms with E-state index in [1.807, 2.05) is 6.92 Å². The minimum absolute atomic E-state index is 0.173. The minimum Gasteiger partial charge on any atom is -0.379 e. The number of hydrogen-bond donors (Lipinski definition) is 2. The van der Waals surface area contributed by atoms with Gasteiger partial charge in [0.2, 0.25) is 10.0 Å². The van der Waals surface area contributed by atoms with Crippen molar-refractivity contribution < 1.29 is 17.9 Å². The first kappa shape index (κ1) is 16.5. The SMILES string of the molecule is CC1(NC(=O)NCC2CCN(S(C)(=O)=O)CC2)CCOC1. The van der Waals surface area contributed by atoms with Crippen molar-refractivity contribution in [3.63, 3.8) is 0 Å². The summed E-state index contributed by atoms with van der Waals surface area (Å²) in [6.45, 7) is 4.87. The molecule has 1 atom stereocenters. The first-order valence-corrected chi connectivity index (χ1v) is 9.22. The standard InChI is InChI=1S/C13H25N3O4S/c1-13(5-8-20-10-13)15-12(17)14-9-11-3-6-16(7-4-11)21(2,18)19/h11H,3-10H2,1-2H3,(H2,14,15,17). The summed E-state index contributed by atoms with van der Waals surface area (Å²) in [5, 5.41) is 5.83. The van der Waals surface area contributed by atoms with E-state index in [9.17, 15) is 13.2 Å². The van der Waals surface area contributed by atoms with Crippen LogP contribution in [0.4, 0.5) is 4.79 Å². The molecule has 2 amide bonds. The van der Waals surface area contributed by atoms with E-state index in [4.69, 9.17) is 4.74 Å².